The average molecular weight is 238 g/mol. The number of aromatic nitrogens is 4. The standard InChI is InChI=1S/C14H14N4/c1-11-15-9-14(17(11)2)12-8-16-18(10-12)13-6-4-3-5-7-13/h3-10H,1-2H3. The summed E-state index contributed by atoms with van der Waals surface area (Å²) < 4.78 is 3.93. The molecule has 0 aliphatic carbocycles. The summed E-state index contributed by atoms with van der Waals surface area (Å²) in [5, 5.41) is 4.39. The third kappa shape index (κ3) is 1.72. The Morgan fingerprint density at radius 1 is 1.06 bits per heavy atom. The van der Waals surface area contributed by atoms with E-state index in [9.17, 15) is 0 Å². The lowest BCUT2D eigenvalue weighted by molar-refractivity contribution is 0.864. The van der Waals surface area contributed by atoms with Crippen LogP contribution in [0.2, 0.25) is 0 Å². The third-order valence-corrected chi connectivity index (χ3v) is 3.12. The van der Waals surface area contributed by atoms with Crippen LogP contribution in [0.3, 0.4) is 0 Å². The smallest absolute Gasteiger partial charge is 0.105 e. The summed E-state index contributed by atoms with van der Waals surface area (Å²) >= 11 is 0. The van der Waals surface area contributed by atoms with Gasteiger partial charge in [0.2, 0.25) is 0 Å². The van der Waals surface area contributed by atoms with Gasteiger partial charge in [-0.15, -0.1) is 0 Å². The highest BCUT2D eigenvalue weighted by atomic mass is 15.3. The predicted octanol–water partition coefficient (Wildman–Crippen LogP) is 2.58. The fraction of sp³-hybridized carbons (Fsp3) is 0.143. The second-order valence-electron chi connectivity index (χ2n) is 4.26. The van der Waals surface area contributed by atoms with Crippen molar-refractivity contribution in [1.82, 2.24) is 19.3 Å². The highest BCUT2D eigenvalue weighted by Crippen LogP contribution is 2.20. The minimum atomic E-state index is 0.998. The number of aryl methyl sites for hydroxylation is 1. The first-order valence-electron chi connectivity index (χ1n) is 5.84. The first-order chi connectivity index (χ1) is 8.75. The molecule has 0 radical (unpaired) electrons. The van der Waals surface area contributed by atoms with E-state index in [1.165, 1.54) is 0 Å². The Bertz CT molecular complexity index is 664. The molecule has 0 saturated carbocycles. The molecular formula is C14H14N4. The van der Waals surface area contributed by atoms with E-state index in [0.29, 0.717) is 0 Å². The minimum absolute atomic E-state index is 0.998. The van der Waals surface area contributed by atoms with Gasteiger partial charge in [0.15, 0.2) is 0 Å². The van der Waals surface area contributed by atoms with Crippen molar-refractivity contribution in [2.24, 2.45) is 7.05 Å². The molecule has 0 atom stereocenters. The van der Waals surface area contributed by atoms with Gasteiger partial charge in [0.25, 0.3) is 0 Å². The molecule has 0 bridgehead atoms. The SMILES string of the molecule is Cc1ncc(-c2cnn(-c3ccccc3)c2)n1C. The van der Waals surface area contributed by atoms with Crippen LogP contribution in [0.15, 0.2) is 48.9 Å². The van der Waals surface area contributed by atoms with Gasteiger partial charge >= 0.3 is 0 Å². The van der Waals surface area contributed by atoms with Crippen LogP contribution in [-0.2, 0) is 7.05 Å². The van der Waals surface area contributed by atoms with Gasteiger partial charge in [-0.25, -0.2) is 9.67 Å². The Morgan fingerprint density at radius 3 is 2.50 bits per heavy atom. The van der Waals surface area contributed by atoms with E-state index in [1.54, 1.807) is 0 Å². The Balaban J connectivity index is 2.02. The molecular weight excluding hydrogens is 224 g/mol. The molecule has 0 N–H and O–H groups in total. The monoisotopic (exact) mass is 238 g/mol. The zero-order valence-electron chi connectivity index (χ0n) is 10.4. The maximum Gasteiger partial charge on any atom is 0.105 e. The van der Waals surface area contributed by atoms with E-state index < -0.39 is 0 Å². The van der Waals surface area contributed by atoms with Crippen molar-refractivity contribution >= 4 is 0 Å². The largest absolute Gasteiger partial charge is 0.331 e. The summed E-state index contributed by atoms with van der Waals surface area (Å²) in [6.07, 6.45) is 5.76. The Hall–Kier alpha value is -2.36. The molecule has 0 aliphatic heterocycles. The fourth-order valence-corrected chi connectivity index (χ4v) is 1.95. The van der Waals surface area contributed by atoms with Crippen LogP contribution in [0, 0.1) is 6.92 Å². The van der Waals surface area contributed by atoms with Crippen LogP contribution in [0.25, 0.3) is 16.9 Å². The van der Waals surface area contributed by atoms with Gasteiger partial charge in [-0.1, -0.05) is 18.2 Å². The Kier molecular flexibility index (Phi) is 2.48. The zero-order valence-corrected chi connectivity index (χ0v) is 10.4. The molecule has 4 nitrogen and oxygen atoms in total. The van der Waals surface area contributed by atoms with Crippen molar-refractivity contribution in [3.05, 3.63) is 54.7 Å². The van der Waals surface area contributed by atoms with Crippen LogP contribution in [-0.4, -0.2) is 19.3 Å². The lowest BCUT2D eigenvalue weighted by Crippen LogP contribution is -1.94. The quantitative estimate of drug-likeness (QED) is 0.688. The maximum absolute atomic E-state index is 4.39. The highest BCUT2D eigenvalue weighted by Gasteiger charge is 2.08. The van der Waals surface area contributed by atoms with E-state index in [-0.39, 0.29) is 0 Å². The van der Waals surface area contributed by atoms with Crippen molar-refractivity contribution < 1.29 is 0 Å². The van der Waals surface area contributed by atoms with Crippen molar-refractivity contribution in [2.75, 3.05) is 0 Å². The molecule has 0 spiro atoms. The average Bonchev–Trinajstić information content (AvgIpc) is 3.00. The van der Waals surface area contributed by atoms with Crippen LogP contribution < -0.4 is 0 Å². The van der Waals surface area contributed by atoms with Crippen LogP contribution in [0.5, 0.6) is 0 Å². The van der Waals surface area contributed by atoms with Crippen molar-refractivity contribution in [2.45, 2.75) is 6.92 Å². The number of hydrogen-bond donors (Lipinski definition) is 0. The van der Waals surface area contributed by atoms with Gasteiger partial charge < -0.3 is 4.57 Å². The summed E-state index contributed by atoms with van der Waals surface area (Å²) in [5.41, 5.74) is 3.21. The summed E-state index contributed by atoms with van der Waals surface area (Å²) in [7, 11) is 2.01. The summed E-state index contributed by atoms with van der Waals surface area (Å²) in [6.45, 7) is 1.99. The van der Waals surface area contributed by atoms with Crippen LogP contribution >= 0.6 is 0 Å². The second-order valence-corrected chi connectivity index (χ2v) is 4.26. The van der Waals surface area contributed by atoms with E-state index in [1.807, 2.05) is 67.6 Å². The molecule has 0 amide bonds. The zero-order chi connectivity index (χ0) is 12.5. The fourth-order valence-electron chi connectivity index (χ4n) is 1.95. The molecule has 2 aromatic heterocycles. The van der Waals surface area contributed by atoms with Crippen molar-refractivity contribution in [3.63, 3.8) is 0 Å². The first kappa shape index (κ1) is 10.8. The molecule has 1 aromatic carbocycles. The van der Waals surface area contributed by atoms with Crippen LogP contribution in [0.4, 0.5) is 0 Å². The first-order valence-corrected chi connectivity index (χ1v) is 5.84. The van der Waals surface area contributed by atoms with Gasteiger partial charge in [0, 0.05) is 18.8 Å². The molecule has 0 aliphatic rings. The molecule has 4 heteroatoms. The Labute approximate surface area is 106 Å². The topological polar surface area (TPSA) is 35.6 Å². The van der Waals surface area contributed by atoms with E-state index in [2.05, 4.69) is 14.6 Å². The lowest BCUT2D eigenvalue weighted by Gasteiger charge is -2.01. The number of para-hydroxylation sites is 1. The highest BCUT2D eigenvalue weighted by molar-refractivity contribution is 5.58. The summed E-state index contributed by atoms with van der Waals surface area (Å²) in [5.74, 6) is 0.998. The summed E-state index contributed by atoms with van der Waals surface area (Å²) in [4.78, 5) is 4.30. The number of benzene rings is 1. The number of rotatable bonds is 2. The second kappa shape index (κ2) is 4.14. The maximum atomic E-state index is 4.39. The number of nitrogens with zero attached hydrogens (tertiary/aromatic N) is 4. The molecule has 90 valence electrons. The van der Waals surface area contributed by atoms with Gasteiger partial charge in [-0.3, -0.25) is 0 Å². The summed E-state index contributed by atoms with van der Waals surface area (Å²) in [6, 6.07) is 10.1. The predicted molar refractivity (Wildman–Crippen MR) is 70.5 cm³/mol. The number of imidazole rings is 1. The molecule has 3 rings (SSSR count). The number of hydrogen-bond acceptors (Lipinski definition) is 2. The van der Waals surface area contributed by atoms with Crippen LogP contribution in [0.1, 0.15) is 5.82 Å². The van der Waals surface area contributed by atoms with E-state index in [4.69, 9.17) is 0 Å². The molecule has 18 heavy (non-hydrogen) atoms. The molecule has 3 aromatic rings. The molecule has 0 unspecified atom stereocenters. The lowest BCUT2D eigenvalue weighted by atomic mass is 10.3. The van der Waals surface area contributed by atoms with Gasteiger partial charge in [0.1, 0.15) is 5.82 Å². The molecule has 0 fully saturated rings. The normalized spacial score (nSPS) is 10.8. The molecule has 2 heterocycles. The van der Waals surface area contributed by atoms with E-state index in [0.717, 1.165) is 22.8 Å². The minimum Gasteiger partial charge on any atom is -0.331 e. The van der Waals surface area contributed by atoms with Gasteiger partial charge in [-0.2, -0.15) is 5.10 Å². The van der Waals surface area contributed by atoms with Crippen molar-refractivity contribution in [3.8, 4) is 16.9 Å². The Morgan fingerprint density at radius 2 is 1.83 bits per heavy atom. The van der Waals surface area contributed by atoms with Crippen molar-refractivity contribution in [1.29, 1.82) is 0 Å². The van der Waals surface area contributed by atoms with Gasteiger partial charge in [0.05, 0.1) is 23.8 Å². The third-order valence-electron chi connectivity index (χ3n) is 3.12. The van der Waals surface area contributed by atoms with Gasteiger partial charge in [-0.05, 0) is 19.1 Å². The van der Waals surface area contributed by atoms with E-state index >= 15 is 0 Å². The molecule has 0 saturated heterocycles.